The van der Waals surface area contributed by atoms with E-state index in [9.17, 15) is 9.59 Å². The van der Waals surface area contributed by atoms with Gasteiger partial charge in [-0.15, -0.1) is 0 Å². The van der Waals surface area contributed by atoms with Crippen LogP contribution < -0.4 is 5.32 Å². The summed E-state index contributed by atoms with van der Waals surface area (Å²) in [5, 5.41) is 12.0. The number of hydrogen-bond acceptors (Lipinski definition) is 3. The molecule has 3 fully saturated rings. The predicted octanol–water partition coefficient (Wildman–Crippen LogP) is 3.02. The second kappa shape index (κ2) is 6.36. The monoisotopic (exact) mass is 369 g/mol. The zero-order valence-corrected chi connectivity index (χ0v) is 16.7. The molecule has 4 rings (SSSR count). The summed E-state index contributed by atoms with van der Waals surface area (Å²) in [5.74, 6) is 1.90. The molecule has 4 aliphatic rings. The number of carbonyl (C=O) groups is 2. The van der Waals surface area contributed by atoms with Crippen molar-refractivity contribution in [2.24, 2.45) is 28.6 Å². The first-order chi connectivity index (χ1) is 12.8. The van der Waals surface area contributed by atoms with Crippen molar-refractivity contribution in [1.82, 2.24) is 10.2 Å². The Kier molecular flexibility index (Phi) is 4.36. The first-order valence-corrected chi connectivity index (χ1v) is 10.4. The Labute approximate surface area is 162 Å². The zero-order chi connectivity index (χ0) is 19.4. The van der Waals surface area contributed by atoms with E-state index in [1.54, 1.807) is 6.08 Å². The molecule has 2 amide bonds. The number of amides is 2. The normalized spacial score (nSPS) is 45.5. The third-order valence-electron chi connectivity index (χ3n) is 8.70. The summed E-state index contributed by atoms with van der Waals surface area (Å²) in [6.45, 7) is 4.72. The number of hydrogen-bond donors (Lipinski definition) is 1. The van der Waals surface area contributed by atoms with Gasteiger partial charge in [-0.25, -0.2) is 0 Å². The Bertz CT molecular complexity index is 726. The Morgan fingerprint density at radius 1 is 1.26 bits per heavy atom. The lowest BCUT2D eigenvalue weighted by Crippen LogP contribution is -2.60. The van der Waals surface area contributed by atoms with Crippen molar-refractivity contribution in [3.8, 4) is 6.07 Å². The van der Waals surface area contributed by atoms with Crippen molar-refractivity contribution in [2.45, 2.75) is 70.9 Å². The molecule has 2 unspecified atom stereocenters. The molecule has 0 aromatic heterocycles. The number of fused-ring (bicyclic) bond motifs is 5. The first-order valence-electron chi connectivity index (χ1n) is 10.4. The van der Waals surface area contributed by atoms with Gasteiger partial charge in [0, 0.05) is 24.5 Å². The van der Waals surface area contributed by atoms with E-state index in [-0.39, 0.29) is 35.1 Å². The molecule has 0 spiro atoms. The third kappa shape index (κ3) is 2.63. The highest BCUT2D eigenvalue weighted by molar-refractivity contribution is 5.89. The summed E-state index contributed by atoms with van der Waals surface area (Å²) in [6.07, 6.45) is 10.6. The summed E-state index contributed by atoms with van der Waals surface area (Å²) in [7, 11) is 1.96. The molecule has 146 valence electrons. The van der Waals surface area contributed by atoms with Gasteiger partial charge in [0.25, 0.3) is 0 Å². The minimum atomic E-state index is -0.127. The molecule has 3 saturated carbocycles. The molecule has 0 aromatic carbocycles. The summed E-state index contributed by atoms with van der Waals surface area (Å²) in [5.41, 5.74) is 0.199. The Balaban J connectivity index is 1.58. The molecule has 1 heterocycles. The molecule has 0 bridgehead atoms. The smallest absolute Gasteiger partial charge is 0.246 e. The van der Waals surface area contributed by atoms with Crippen molar-refractivity contribution in [1.29, 1.82) is 5.26 Å². The Morgan fingerprint density at radius 3 is 2.78 bits per heavy atom. The molecule has 0 radical (unpaired) electrons. The second-order valence-corrected chi connectivity index (χ2v) is 9.70. The van der Waals surface area contributed by atoms with Crippen LogP contribution in [-0.4, -0.2) is 35.8 Å². The van der Waals surface area contributed by atoms with Crippen LogP contribution in [0.15, 0.2) is 12.2 Å². The van der Waals surface area contributed by atoms with Crippen LogP contribution >= 0.6 is 0 Å². The van der Waals surface area contributed by atoms with E-state index in [1.807, 2.05) is 18.0 Å². The van der Waals surface area contributed by atoms with Gasteiger partial charge in [-0.3, -0.25) is 9.59 Å². The van der Waals surface area contributed by atoms with Crippen molar-refractivity contribution < 1.29 is 9.59 Å². The fraction of sp³-hybridized carbons (Fsp3) is 0.773. The fourth-order valence-electron chi connectivity index (χ4n) is 7.29. The van der Waals surface area contributed by atoms with Crippen LogP contribution in [-0.2, 0) is 9.59 Å². The van der Waals surface area contributed by atoms with E-state index in [0.717, 1.165) is 32.1 Å². The van der Waals surface area contributed by atoms with Gasteiger partial charge in [-0.05, 0) is 67.8 Å². The number of nitrogens with one attached hydrogen (secondary N) is 1. The zero-order valence-electron chi connectivity index (χ0n) is 16.7. The molecule has 0 aromatic rings. The molecule has 5 nitrogen and oxygen atoms in total. The topological polar surface area (TPSA) is 73.2 Å². The van der Waals surface area contributed by atoms with Crippen LogP contribution in [0.3, 0.4) is 0 Å². The quantitative estimate of drug-likeness (QED) is 0.813. The van der Waals surface area contributed by atoms with Gasteiger partial charge < -0.3 is 10.2 Å². The van der Waals surface area contributed by atoms with Crippen molar-refractivity contribution >= 4 is 11.8 Å². The lowest BCUT2D eigenvalue weighted by Gasteiger charge is -2.60. The fourth-order valence-corrected chi connectivity index (χ4v) is 7.29. The molecule has 27 heavy (non-hydrogen) atoms. The van der Waals surface area contributed by atoms with E-state index < -0.39 is 0 Å². The van der Waals surface area contributed by atoms with E-state index in [0.29, 0.717) is 23.8 Å². The average molecular weight is 370 g/mol. The van der Waals surface area contributed by atoms with Crippen LogP contribution in [0.1, 0.15) is 58.8 Å². The first kappa shape index (κ1) is 18.5. The lowest BCUT2D eigenvalue weighted by atomic mass is 9.48. The average Bonchev–Trinajstić information content (AvgIpc) is 2.95. The number of carbonyl (C=O) groups excluding carboxylic acids is 2. The standard InChI is InChI=1S/C22H31N3O2/c1-21-11-8-16-14(15(21)5-6-17(21)24-19(26)10-13-23)4-7-18-22(16,2)12-9-20(27)25(18)3/h9,12,14-18H,4-8,10-11H2,1-3H3,(H,24,26)/t14-,15-,16+,17?,18?,21-,22+/m0/s1. The van der Waals surface area contributed by atoms with Crippen molar-refractivity contribution in [3.63, 3.8) is 0 Å². The van der Waals surface area contributed by atoms with Gasteiger partial charge >= 0.3 is 0 Å². The van der Waals surface area contributed by atoms with Gasteiger partial charge in [0.1, 0.15) is 6.42 Å². The van der Waals surface area contributed by atoms with Gasteiger partial charge in [0.05, 0.1) is 6.07 Å². The SMILES string of the molecule is CN1C(=O)C=C[C@@]2(C)C1CC[C@@H]1[C@H]2CC[C@]2(C)C(NC(=O)CC#N)CC[C@@H]12. The summed E-state index contributed by atoms with van der Waals surface area (Å²) < 4.78 is 0. The van der Waals surface area contributed by atoms with Crippen LogP contribution in [0.5, 0.6) is 0 Å². The minimum absolute atomic E-state index is 0.0474. The van der Waals surface area contributed by atoms with Gasteiger partial charge in [-0.1, -0.05) is 19.9 Å². The van der Waals surface area contributed by atoms with Crippen LogP contribution in [0, 0.1) is 39.9 Å². The number of likely N-dealkylation sites (N-methyl/N-ethyl adjacent to an activating group) is 1. The summed E-state index contributed by atoms with van der Waals surface area (Å²) in [4.78, 5) is 26.1. The molecular formula is C22H31N3O2. The van der Waals surface area contributed by atoms with E-state index in [2.05, 4.69) is 25.2 Å². The summed E-state index contributed by atoms with van der Waals surface area (Å²) in [6, 6.07) is 2.47. The Hall–Kier alpha value is -1.83. The number of nitriles is 1. The highest BCUT2D eigenvalue weighted by atomic mass is 16.2. The van der Waals surface area contributed by atoms with Crippen LogP contribution in [0.2, 0.25) is 0 Å². The highest BCUT2D eigenvalue weighted by Gasteiger charge is 2.60. The molecule has 5 heteroatoms. The van der Waals surface area contributed by atoms with Crippen LogP contribution in [0.25, 0.3) is 0 Å². The van der Waals surface area contributed by atoms with Crippen molar-refractivity contribution in [3.05, 3.63) is 12.2 Å². The van der Waals surface area contributed by atoms with Gasteiger partial charge in [0.15, 0.2) is 0 Å². The van der Waals surface area contributed by atoms with Gasteiger partial charge in [-0.2, -0.15) is 5.26 Å². The highest BCUT2D eigenvalue weighted by Crippen LogP contribution is 2.63. The van der Waals surface area contributed by atoms with E-state index >= 15 is 0 Å². The lowest BCUT2D eigenvalue weighted by molar-refractivity contribution is -0.138. The van der Waals surface area contributed by atoms with E-state index in [1.165, 1.54) is 6.42 Å². The minimum Gasteiger partial charge on any atom is -0.352 e. The summed E-state index contributed by atoms with van der Waals surface area (Å²) >= 11 is 0. The maximum Gasteiger partial charge on any atom is 0.246 e. The maximum atomic E-state index is 12.2. The number of rotatable bonds is 2. The van der Waals surface area contributed by atoms with E-state index in [4.69, 9.17) is 5.26 Å². The number of nitrogens with zero attached hydrogens (tertiary/aromatic N) is 2. The molecule has 7 atom stereocenters. The van der Waals surface area contributed by atoms with Crippen molar-refractivity contribution in [2.75, 3.05) is 7.05 Å². The molecular weight excluding hydrogens is 338 g/mol. The molecule has 1 aliphatic heterocycles. The largest absolute Gasteiger partial charge is 0.352 e. The molecule has 3 aliphatic carbocycles. The van der Waals surface area contributed by atoms with Crippen LogP contribution in [0.4, 0.5) is 0 Å². The predicted molar refractivity (Wildman–Crippen MR) is 102 cm³/mol. The Morgan fingerprint density at radius 2 is 2.04 bits per heavy atom. The maximum absolute atomic E-state index is 12.2. The van der Waals surface area contributed by atoms with Gasteiger partial charge in [0.2, 0.25) is 11.8 Å². The third-order valence-corrected chi connectivity index (χ3v) is 8.70. The second-order valence-electron chi connectivity index (χ2n) is 9.70. The molecule has 0 saturated heterocycles. The molecule has 1 N–H and O–H groups in total.